The molecule has 0 N–H and O–H groups in total. The van der Waals surface area contributed by atoms with Crippen molar-refractivity contribution in [2.45, 2.75) is 31.6 Å². The van der Waals surface area contributed by atoms with Crippen molar-refractivity contribution in [3.05, 3.63) is 35.9 Å². The van der Waals surface area contributed by atoms with Crippen molar-refractivity contribution in [2.75, 3.05) is 20.1 Å². The zero-order valence-electron chi connectivity index (χ0n) is 11.1. The average Bonchev–Trinajstić information content (AvgIpc) is 2.72. The Morgan fingerprint density at radius 2 is 1.83 bits per heavy atom. The van der Waals surface area contributed by atoms with Crippen molar-refractivity contribution < 1.29 is 4.79 Å². The van der Waals surface area contributed by atoms with Crippen LogP contribution in [0.1, 0.15) is 37.2 Å². The molecule has 0 bridgehead atoms. The first-order chi connectivity index (χ1) is 8.72. The van der Waals surface area contributed by atoms with Gasteiger partial charge in [0, 0.05) is 11.8 Å². The van der Waals surface area contributed by atoms with Gasteiger partial charge >= 0.3 is 0 Å². The maximum absolute atomic E-state index is 12.4. The Bertz CT molecular complexity index is 432. The van der Waals surface area contributed by atoms with Gasteiger partial charge in [-0.2, -0.15) is 0 Å². The highest BCUT2D eigenvalue weighted by Crippen LogP contribution is 2.52. The number of carbonyl (C=O) groups excluding carboxylic acids is 1. The molecule has 18 heavy (non-hydrogen) atoms. The van der Waals surface area contributed by atoms with Crippen LogP contribution >= 0.6 is 0 Å². The standard InChI is InChI=1S/C16H21NO/c1-17-11-9-16(10-12-17)14(7-8-15(16)18)13-5-3-2-4-6-13/h2-6,14H,7-12H2,1H3. The molecule has 0 radical (unpaired) electrons. The van der Waals surface area contributed by atoms with Gasteiger partial charge in [-0.25, -0.2) is 0 Å². The molecule has 1 heterocycles. The molecule has 1 aliphatic carbocycles. The molecule has 3 rings (SSSR count). The van der Waals surface area contributed by atoms with E-state index in [1.54, 1.807) is 0 Å². The number of ketones is 1. The molecule has 2 fully saturated rings. The van der Waals surface area contributed by atoms with Crippen molar-refractivity contribution in [3.63, 3.8) is 0 Å². The molecule has 2 heteroatoms. The second-order valence-corrected chi connectivity index (χ2v) is 5.88. The second kappa shape index (κ2) is 4.51. The number of carbonyl (C=O) groups is 1. The van der Waals surface area contributed by atoms with Gasteiger partial charge in [0.25, 0.3) is 0 Å². The molecule has 2 nitrogen and oxygen atoms in total. The number of hydrogen-bond donors (Lipinski definition) is 0. The third-order valence-corrected chi connectivity index (χ3v) is 4.96. The van der Waals surface area contributed by atoms with E-state index in [9.17, 15) is 4.79 Å². The first-order valence-corrected chi connectivity index (χ1v) is 6.99. The average molecular weight is 243 g/mol. The normalized spacial score (nSPS) is 27.8. The molecule has 1 aromatic carbocycles. The number of hydrogen-bond acceptors (Lipinski definition) is 2. The summed E-state index contributed by atoms with van der Waals surface area (Å²) in [6.45, 7) is 2.13. The summed E-state index contributed by atoms with van der Waals surface area (Å²) < 4.78 is 0. The smallest absolute Gasteiger partial charge is 0.139 e. The van der Waals surface area contributed by atoms with Crippen LogP contribution in [0.2, 0.25) is 0 Å². The fraction of sp³-hybridized carbons (Fsp3) is 0.562. The van der Waals surface area contributed by atoms with E-state index in [0.717, 1.165) is 38.8 Å². The lowest BCUT2D eigenvalue weighted by molar-refractivity contribution is -0.128. The topological polar surface area (TPSA) is 20.3 Å². The number of piperidine rings is 1. The largest absolute Gasteiger partial charge is 0.306 e. The molecule has 1 atom stereocenters. The van der Waals surface area contributed by atoms with E-state index in [2.05, 4.69) is 42.3 Å². The van der Waals surface area contributed by atoms with Gasteiger partial charge in [0.2, 0.25) is 0 Å². The molecule has 96 valence electrons. The predicted molar refractivity (Wildman–Crippen MR) is 72.6 cm³/mol. The lowest BCUT2D eigenvalue weighted by Gasteiger charge is -2.41. The van der Waals surface area contributed by atoms with Crippen LogP contribution in [0.4, 0.5) is 0 Å². The highest BCUT2D eigenvalue weighted by molar-refractivity contribution is 5.88. The fourth-order valence-corrected chi connectivity index (χ4v) is 3.81. The lowest BCUT2D eigenvalue weighted by Crippen LogP contribution is -2.43. The fourth-order valence-electron chi connectivity index (χ4n) is 3.81. The van der Waals surface area contributed by atoms with Gasteiger partial charge in [-0.05, 0) is 50.9 Å². The van der Waals surface area contributed by atoms with Gasteiger partial charge in [0.05, 0.1) is 0 Å². The zero-order valence-corrected chi connectivity index (χ0v) is 11.1. The number of benzene rings is 1. The Morgan fingerprint density at radius 3 is 2.50 bits per heavy atom. The Kier molecular flexibility index (Phi) is 2.98. The van der Waals surface area contributed by atoms with Gasteiger partial charge < -0.3 is 4.90 Å². The van der Waals surface area contributed by atoms with Crippen LogP contribution in [0, 0.1) is 5.41 Å². The van der Waals surface area contributed by atoms with Gasteiger partial charge in [0.1, 0.15) is 5.78 Å². The van der Waals surface area contributed by atoms with Crippen LogP contribution in [-0.2, 0) is 4.79 Å². The van der Waals surface area contributed by atoms with Crippen molar-refractivity contribution >= 4 is 5.78 Å². The van der Waals surface area contributed by atoms with Gasteiger partial charge in [-0.3, -0.25) is 4.79 Å². The van der Waals surface area contributed by atoms with Crippen molar-refractivity contribution in [1.29, 1.82) is 0 Å². The first-order valence-electron chi connectivity index (χ1n) is 6.99. The van der Waals surface area contributed by atoms with Crippen LogP contribution < -0.4 is 0 Å². The molecule has 1 aromatic rings. The molecule has 1 spiro atoms. The molecule has 1 unspecified atom stereocenters. The highest BCUT2D eigenvalue weighted by Gasteiger charge is 2.50. The van der Waals surface area contributed by atoms with Crippen LogP contribution in [-0.4, -0.2) is 30.8 Å². The SMILES string of the molecule is CN1CCC2(CC1)C(=O)CCC2c1ccccc1. The molecule has 1 saturated carbocycles. The third-order valence-electron chi connectivity index (χ3n) is 4.96. The van der Waals surface area contributed by atoms with E-state index in [4.69, 9.17) is 0 Å². The number of rotatable bonds is 1. The Hall–Kier alpha value is -1.15. The molecular weight excluding hydrogens is 222 g/mol. The third kappa shape index (κ3) is 1.79. The predicted octanol–water partition coefficient (Wildman–Crippen LogP) is 2.85. The summed E-state index contributed by atoms with van der Waals surface area (Å²) in [5.74, 6) is 0.976. The van der Waals surface area contributed by atoms with E-state index in [1.165, 1.54) is 5.56 Å². The summed E-state index contributed by atoms with van der Waals surface area (Å²) in [7, 11) is 2.16. The number of likely N-dealkylation sites (tertiary alicyclic amines) is 1. The molecule has 1 saturated heterocycles. The van der Waals surface area contributed by atoms with E-state index < -0.39 is 0 Å². The maximum atomic E-state index is 12.4. The molecule has 1 aliphatic heterocycles. The van der Waals surface area contributed by atoms with Gasteiger partial charge in [-0.15, -0.1) is 0 Å². The first kappa shape index (κ1) is 11.9. The minimum atomic E-state index is -0.0478. The van der Waals surface area contributed by atoms with Crippen molar-refractivity contribution in [1.82, 2.24) is 4.90 Å². The number of Topliss-reactive ketones (excluding diaryl/α,β-unsaturated/α-hetero) is 1. The van der Waals surface area contributed by atoms with Gasteiger partial charge in [-0.1, -0.05) is 30.3 Å². The lowest BCUT2D eigenvalue weighted by atomic mass is 9.68. The summed E-state index contributed by atoms with van der Waals surface area (Å²) in [4.78, 5) is 14.8. The van der Waals surface area contributed by atoms with E-state index in [1.807, 2.05) is 0 Å². The van der Waals surface area contributed by atoms with Crippen LogP contribution in [0.25, 0.3) is 0 Å². The van der Waals surface area contributed by atoms with E-state index in [-0.39, 0.29) is 5.41 Å². The summed E-state index contributed by atoms with van der Waals surface area (Å²) >= 11 is 0. The van der Waals surface area contributed by atoms with Crippen molar-refractivity contribution in [2.24, 2.45) is 5.41 Å². The summed E-state index contributed by atoms with van der Waals surface area (Å²) in [5.41, 5.74) is 1.32. The monoisotopic (exact) mass is 243 g/mol. The summed E-state index contributed by atoms with van der Waals surface area (Å²) in [6, 6.07) is 10.6. The molecular formula is C16H21NO. The minimum Gasteiger partial charge on any atom is -0.306 e. The van der Waals surface area contributed by atoms with E-state index >= 15 is 0 Å². The van der Waals surface area contributed by atoms with E-state index in [0.29, 0.717) is 11.7 Å². The van der Waals surface area contributed by atoms with Crippen molar-refractivity contribution in [3.8, 4) is 0 Å². The Morgan fingerprint density at radius 1 is 1.17 bits per heavy atom. The quantitative estimate of drug-likeness (QED) is 0.756. The van der Waals surface area contributed by atoms with Gasteiger partial charge in [0.15, 0.2) is 0 Å². The minimum absolute atomic E-state index is 0.0478. The molecule has 2 aliphatic rings. The highest BCUT2D eigenvalue weighted by atomic mass is 16.1. The molecule has 0 aromatic heterocycles. The van der Waals surface area contributed by atoms with Crippen LogP contribution in [0.3, 0.4) is 0 Å². The summed E-state index contributed by atoms with van der Waals surface area (Å²) in [6.07, 6.45) is 3.92. The zero-order chi connectivity index (χ0) is 12.6. The Labute approximate surface area is 109 Å². The Balaban J connectivity index is 1.93. The second-order valence-electron chi connectivity index (χ2n) is 5.88. The van der Waals surface area contributed by atoms with Crippen LogP contribution in [0.5, 0.6) is 0 Å². The number of nitrogens with zero attached hydrogens (tertiary/aromatic N) is 1. The van der Waals surface area contributed by atoms with Crippen LogP contribution in [0.15, 0.2) is 30.3 Å². The molecule has 0 amide bonds. The summed E-state index contributed by atoms with van der Waals surface area (Å²) in [5, 5.41) is 0. The maximum Gasteiger partial charge on any atom is 0.139 e.